The number of hydrogen-bond acceptors (Lipinski definition) is 4. The van der Waals surface area contributed by atoms with Gasteiger partial charge in [-0.1, -0.05) is 18.2 Å². The van der Waals surface area contributed by atoms with Gasteiger partial charge in [-0.25, -0.2) is 8.42 Å². The predicted molar refractivity (Wildman–Crippen MR) is 76.8 cm³/mol. The Morgan fingerprint density at radius 2 is 2.05 bits per heavy atom. The molecule has 0 aliphatic carbocycles. The van der Waals surface area contributed by atoms with Crippen LogP contribution in [-0.4, -0.2) is 44.3 Å². The summed E-state index contributed by atoms with van der Waals surface area (Å²) < 4.78 is 22.5. The number of rotatable bonds is 6. The molecule has 1 rings (SSSR count). The van der Waals surface area contributed by atoms with Crippen molar-refractivity contribution < 1.29 is 18.0 Å². The fourth-order valence-corrected chi connectivity index (χ4v) is 3.49. The molecule has 1 atom stereocenters. The van der Waals surface area contributed by atoms with E-state index in [0.29, 0.717) is 6.42 Å². The van der Waals surface area contributed by atoms with Gasteiger partial charge in [0.1, 0.15) is 0 Å². The molecule has 0 radical (unpaired) electrons. The molecule has 1 fully saturated rings. The van der Waals surface area contributed by atoms with Gasteiger partial charge in [-0.05, 0) is 13.3 Å². The van der Waals surface area contributed by atoms with E-state index in [1.807, 2.05) is 6.92 Å². The van der Waals surface area contributed by atoms with Gasteiger partial charge in [0.05, 0.1) is 11.5 Å². The van der Waals surface area contributed by atoms with Gasteiger partial charge < -0.3 is 10.6 Å². The number of allylic oxidation sites excluding steroid dienone is 3. The van der Waals surface area contributed by atoms with Crippen molar-refractivity contribution in [1.29, 1.82) is 0 Å². The van der Waals surface area contributed by atoms with Crippen LogP contribution in [0.5, 0.6) is 0 Å². The van der Waals surface area contributed by atoms with Crippen LogP contribution in [-0.2, 0) is 19.4 Å². The second-order valence-electron chi connectivity index (χ2n) is 4.59. The normalized spacial score (nSPS) is 21.4. The third-order valence-corrected chi connectivity index (χ3v) is 4.57. The van der Waals surface area contributed by atoms with Crippen LogP contribution >= 0.6 is 0 Å². The lowest BCUT2D eigenvalue weighted by molar-refractivity contribution is -0.121. The molecule has 0 spiro atoms. The predicted octanol–water partition coefficient (Wildman–Crippen LogP) is -0.0717. The summed E-state index contributed by atoms with van der Waals surface area (Å²) in [5.41, 5.74) is 0. The third kappa shape index (κ3) is 6.51. The van der Waals surface area contributed by atoms with E-state index in [-0.39, 0.29) is 42.3 Å². The summed E-state index contributed by atoms with van der Waals surface area (Å²) in [5.74, 6) is -0.370. The summed E-state index contributed by atoms with van der Waals surface area (Å²) in [4.78, 5) is 22.9. The summed E-state index contributed by atoms with van der Waals surface area (Å²) in [6.45, 7) is 2.07. The zero-order chi connectivity index (χ0) is 15.0. The Hall–Kier alpha value is -1.63. The highest BCUT2D eigenvalue weighted by Crippen LogP contribution is 2.11. The molecule has 0 aromatic heterocycles. The Morgan fingerprint density at radius 1 is 1.30 bits per heavy atom. The van der Waals surface area contributed by atoms with Crippen molar-refractivity contribution >= 4 is 21.7 Å². The van der Waals surface area contributed by atoms with Crippen molar-refractivity contribution in [3.63, 3.8) is 0 Å². The summed E-state index contributed by atoms with van der Waals surface area (Å²) in [6, 6.07) is -0.294. The summed E-state index contributed by atoms with van der Waals surface area (Å²) in [6.07, 6.45) is 7.12. The highest BCUT2D eigenvalue weighted by Gasteiger charge is 2.28. The van der Waals surface area contributed by atoms with Crippen molar-refractivity contribution in [1.82, 2.24) is 10.6 Å². The number of carbonyl (C=O) groups excluding carboxylic acids is 2. The molecule has 1 aliphatic rings. The Morgan fingerprint density at radius 3 is 2.65 bits per heavy atom. The van der Waals surface area contributed by atoms with Crippen LogP contribution in [0.2, 0.25) is 0 Å². The van der Waals surface area contributed by atoms with Crippen molar-refractivity contribution in [3.05, 3.63) is 24.3 Å². The lowest BCUT2D eigenvalue weighted by Crippen LogP contribution is -2.37. The topological polar surface area (TPSA) is 92.3 Å². The maximum absolute atomic E-state index is 11.6. The van der Waals surface area contributed by atoms with Gasteiger partial charge in [0, 0.05) is 25.1 Å². The van der Waals surface area contributed by atoms with Gasteiger partial charge in [0.15, 0.2) is 9.84 Å². The van der Waals surface area contributed by atoms with Gasteiger partial charge in [-0.15, -0.1) is 0 Å². The molecule has 1 unspecified atom stereocenters. The first-order chi connectivity index (χ1) is 9.43. The molecule has 0 bridgehead atoms. The smallest absolute Gasteiger partial charge is 0.243 e. The van der Waals surface area contributed by atoms with Crippen LogP contribution in [0.3, 0.4) is 0 Å². The fraction of sp³-hybridized carbons (Fsp3) is 0.538. The van der Waals surface area contributed by atoms with Crippen LogP contribution in [0, 0.1) is 0 Å². The summed E-state index contributed by atoms with van der Waals surface area (Å²) in [5, 5.41) is 5.24. The molecule has 0 aromatic carbocycles. The van der Waals surface area contributed by atoms with Gasteiger partial charge in [-0.3, -0.25) is 9.59 Å². The van der Waals surface area contributed by atoms with Crippen LogP contribution in [0.1, 0.15) is 19.8 Å². The van der Waals surface area contributed by atoms with Gasteiger partial charge in [0.2, 0.25) is 11.8 Å². The van der Waals surface area contributed by atoms with Crippen molar-refractivity contribution in [2.45, 2.75) is 25.8 Å². The molecule has 20 heavy (non-hydrogen) atoms. The monoisotopic (exact) mass is 300 g/mol. The number of carbonyl (C=O) groups is 2. The first-order valence-electron chi connectivity index (χ1n) is 6.50. The molecular formula is C13H20N2O4S. The minimum Gasteiger partial charge on any atom is -0.352 e. The van der Waals surface area contributed by atoms with Crippen molar-refractivity contribution in [2.24, 2.45) is 0 Å². The maximum atomic E-state index is 11.6. The second kappa shape index (κ2) is 7.84. The largest absolute Gasteiger partial charge is 0.352 e. The lowest BCUT2D eigenvalue weighted by atomic mass is 10.2. The van der Waals surface area contributed by atoms with E-state index >= 15 is 0 Å². The molecule has 7 heteroatoms. The lowest BCUT2D eigenvalue weighted by Gasteiger charge is -2.10. The van der Waals surface area contributed by atoms with E-state index in [0.717, 1.165) is 0 Å². The molecule has 6 nitrogen and oxygen atoms in total. The zero-order valence-corrected chi connectivity index (χ0v) is 12.3. The highest BCUT2D eigenvalue weighted by atomic mass is 32.2. The van der Waals surface area contributed by atoms with Crippen molar-refractivity contribution in [2.75, 3.05) is 18.1 Å². The van der Waals surface area contributed by atoms with Gasteiger partial charge >= 0.3 is 0 Å². The Labute approximate surface area is 119 Å². The molecule has 1 heterocycles. The number of amides is 2. The SMILES string of the molecule is C/C=C/C=C/C(=O)NCCC(=O)NC1CCS(=O)(=O)C1. The standard InChI is InChI=1S/C13H20N2O4S/c1-2-3-4-5-12(16)14-8-6-13(17)15-11-7-9-20(18,19)10-11/h2-5,11H,6-10H2,1H3,(H,14,16)(H,15,17)/b3-2+,5-4+. The van der Waals surface area contributed by atoms with Crippen LogP contribution in [0.25, 0.3) is 0 Å². The highest BCUT2D eigenvalue weighted by molar-refractivity contribution is 7.91. The Bertz CT molecular complexity index is 508. The van der Waals surface area contributed by atoms with E-state index in [4.69, 9.17) is 0 Å². The Kier molecular flexibility index (Phi) is 6.44. The van der Waals surface area contributed by atoms with E-state index in [1.54, 1.807) is 18.2 Å². The van der Waals surface area contributed by atoms with E-state index in [9.17, 15) is 18.0 Å². The van der Waals surface area contributed by atoms with Crippen molar-refractivity contribution in [3.8, 4) is 0 Å². The maximum Gasteiger partial charge on any atom is 0.243 e. The number of hydrogen-bond donors (Lipinski definition) is 2. The third-order valence-electron chi connectivity index (χ3n) is 2.80. The average Bonchev–Trinajstić information content (AvgIpc) is 2.69. The molecule has 112 valence electrons. The molecule has 2 amide bonds. The van der Waals surface area contributed by atoms with Crippen LogP contribution in [0.4, 0.5) is 0 Å². The van der Waals surface area contributed by atoms with Crippen LogP contribution < -0.4 is 10.6 Å². The van der Waals surface area contributed by atoms with E-state index in [2.05, 4.69) is 10.6 Å². The molecule has 2 N–H and O–H groups in total. The van der Waals surface area contributed by atoms with Crippen LogP contribution in [0.15, 0.2) is 24.3 Å². The Balaban J connectivity index is 2.19. The average molecular weight is 300 g/mol. The minimum absolute atomic E-state index is 0.0111. The second-order valence-corrected chi connectivity index (χ2v) is 6.82. The molecule has 1 saturated heterocycles. The van der Waals surface area contributed by atoms with Gasteiger partial charge in [0.25, 0.3) is 0 Å². The number of sulfone groups is 1. The number of nitrogens with one attached hydrogen (secondary N) is 2. The molecule has 0 aromatic rings. The summed E-state index contributed by atoms with van der Waals surface area (Å²) in [7, 11) is -2.99. The first kappa shape index (κ1) is 16.4. The molecular weight excluding hydrogens is 280 g/mol. The molecule has 1 aliphatic heterocycles. The van der Waals surface area contributed by atoms with E-state index in [1.165, 1.54) is 6.08 Å². The summed E-state index contributed by atoms with van der Waals surface area (Å²) >= 11 is 0. The fourth-order valence-electron chi connectivity index (χ4n) is 1.82. The van der Waals surface area contributed by atoms with Gasteiger partial charge in [-0.2, -0.15) is 0 Å². The van der Waals surface area contributed by atoms with E-state index < -0.39 is 9.84 Å². The minimum atomic E-state index is -2.99. The molecule has 0 saturated carbocycles. The zero-order valence-electron chi connectivity index (χ0n) is 11.5. The quantitative estimate of drug-likeness (QED) is 0.530. The first-order valence-corrected chi connectivity index (χ1v) is 8.32.